The first-order valence-electron chi connectivity index (χ1n) is 6.19. The van der Waals surface area contributed by atoms with Gasteiger partial charge in [0.25, 0.3) is 0 Å². The van der Waals surface area contributed by atoms with Crippen molar-refractivity contribution < 1.29 is 4.21 Å². The molecule has 94 valence electrons. The van der Waals surface area contributed by atoms with Crippen molar-refractivity contribution in [2.24, 2.45) is 0 Å². The van der Waals surface area contributed by atoms with Crippen LogP contribution in [0.2, 0.25) is 0 Å². The Balaban J connectivity index is 2.34. The summed E-state index contributed by atoms with van der Waals surface area (Å²) < 4.78 is 15.5. The molecule has 0 saturated carbocycles. The Labute approximate surface area is 106 Å². The van der Waals surface area contributed by atoms with Gasteiger partial charge in [-0.2, -0.15) is 0 Å². The summed E-state index contributed by atoms with van der Waals surface area (Å²) in [7, 11) is -1.09. The van der Waals surface area contributed by atoms with Crippen LogP contribution in [0.3, 0.4) is 0 Å². The molecule has 0 saturated heterocycles. The van der Waals surface area contributed by atoms with Gasteiger partial charge in [0.2, 0.25) is 0 Å². The second kappa shape index (κ2) is 4.54. The molecule has 0 aliphatic heterocycles. The molecule has 0 radical (unpaired) electrons. The zero-order valence-electron chi connectivity index (χ0n) is 11.1. The summed E-state index contributed by atoms with van der Waals surface area (Å²) in [4.78, 5) is 0.984. The molecule has 1 N–H and O–H groups in total. The second-order valence-corrected chi connectivity index (χ2v) is 6.99. The summed E-state index contributed by atoms with van der Waals surface area (Å²) in [5.74, 6) is 0. The fourth-order valence-electron chi connectivity index (χ4n) is 2.36. The molecule has 0 fully saturated rings. The third-order valence-corrected chi connectivity index (χ3v) is 4.65. The molecular weight excluding hydrogens is 230 g/mol. The summed E-state index contributed by atoms with van der Waals surface area (Å²) in [6.07, 6.45) is 3.41. The molecule has 3 heteroatoms. The molecule has 1 unspecified atom stereocenters. The Morgan fingerprint density at radius 3 is 2.47 bits per heavy atom. The molecule has 0 heterocycles. The normalized spacial score (nSPS) is 16.9. The second-order valence-electron chi connectivity index (χ2n) is 5.81. The lowest BCUT2D eigenvalue weighted by Crippen LogP contribution is -2.37. The third kappa shape index (κ3) is 2.78. The summed E-state index contributed by atoms with van der Waals surface area (Å²) in [5.41, 5.74) is 3.96. The molecular formula is C14H21NOS. The third-order valence-electron chi connectivity index (χ3n) is 3.07. The van der Waals surface area contributed by atoms with Gasteiger partial charge in [-0.1, -0.05) is 6.07 Å². The maximum Gasteiger partial charge on any atom is 0.125 e. The van der Waals surface area contributed by atoms with Gasteiger partial charge < -0.3 is 0 Å². The molecule has 0 spiro atoms. The van der Waals surface area contributed by atoms with E-state index in [1.54, 1.807) is 0 Å². The van der Waals surface area contributed by atoms with Crippen molar-refractivity contribution in [1.29, 1.82) is 0 Å². The zero-order valence-corrected chi connectivity index (χ0v) is 11.9. The number of rotatable bonds is 2. The van der Waals surface area contributed by atoms with Gasteiger partial charge in [-0.05, 0) is 69.7 Å². The fraction of sp³-hybridized carbons (Fsp3) is 0.571. The highest BCUT2D eigenvalue weighted by molar-refractivity contribution is 7.83. The van der Waals surface area contributed by atoms with E-state index in [1.807, 2.05) is 26.8 Å². The molecule has 17 heavy (non-hydrogen) atoms. The minimum atomic E-state index is -1.09. The van der Waals surface area contributed by atoms with E-state index in [2.05, 4.69) is 17.7 Å². The number of nitrogens with one attached hydrogen (secondary N) is 1. The van der Waals surface area contributed by atoms with Crippen molar-refractivity contribution in [3.8, 4) is 0 Å². The molecule has 1 aliphatic carbocycles. The topological polar surface area (TPSA) is 29.1 Å². The molecule has 0 aromatic heterocycles. The van der Waals surface area contributed by atoms with E-state index in [1.165, 1.54) is 23.1 Å². The van der Waals surface area contributed by atoms with E-state index < -0.39 is 11.0 Å². The van der Waals surface area contributed by atoms with Gasteiger partial charge >= 0.3 is 0 Å². The first-order valence-corrected chi connectivity index (χ1v) is 7.34. The van der Waals surface area contributed by atoms with Crippen LogP contribution in [0.1, 0.15) is 43.9 Å². The van der Waals surface area contributed by atoms with Crippen LogP contribution in [0.5, 0.6) is 0 Å². The van der Waals surface area contributed by atoms with E-state index in [9.17, 15) is 4.21 Å². The van der Waals surface area contributed by atoms with Gasteiger partial charge in [0, 0.05) is 5.54 Å². The van der Waals surface area contributed by atoms with Crippen molar-refractivity contribution >= 4 is 11.0 Å². The average Bonchev–Trinajstić information content (AvgIpc) is 2.64. The Morgan fingerprint density at radius 2 is 1.82 bits per heavy atom. The molecule has 2 rings (SSSR count). The van der Waals surface area contributed by atoms with Crippen LogP contribution in [0.4, 0.5) is 0 Å². The van der Waals surface area contributed by atoms with Gasteiger partial charge in [0.05, 0.1) is 4.90 Å². The van der Waals surface area contributed by atoms with Crippen LogP contribution >= 0.6 is 0 Å². The molecule has 0 amide bonds. The largest absolute Gasteiger partial charge is 0.237 e. The van der Waals surface area contributed by atoms with Crippen LogP contribution < -0.4 is 4.72 Å². The van der Waals surface area contributed by atoms with Crippen molar-refractivity contribution in [1.82, 2.24) is 4.72 Å². The van der Waals surface area contributed by atoms with Crippen LogP contribution in [0, 0.1) is 6.92 Å². The van der Waals surface area contributed by atoms with Gasteiger partial charge in [0.15, 0.2) is 0 Å². The highest BCUT2D eigenvalue weighted by Gasteiger charge is 2.22. The molecule has 0 bridgehead atoms. The Bertz CT molecular complexity index is 460. The van der Waals surface area contributed by atoms with E-state index in [0.717, 1.165) is 17.7 Å². The number of benzene rings is 1. The number of hydrogen-bond donors (Lipinski definition) is 1. The minimum absolute atomic E-state index is 0.124. The van der Waals surface area contributed by atoms with E-state index in [0.29, 0.717) is 0 Å². The maximum absolute atomic E-state index is 12.3. The van der Waals surface area contributed by atoms with Gasteiger partial charge in [-0.25, -0.2) is 8.93 Å². The van der Waals surface area contributed by atoms with Crippen molar-refractivity contribution in [2.75, 3.05) is 0 Å². The van der Waals surface area contributed by atoms with Crippen molar-refractivity contribution in [3.05, 3.63) is 28.8 Å². The fourth-order valence-corrected chi connectivity index (χ4v) is 3.67. The molecule has 2 nitrogen and oxygen atoms in total. The first kappa shape index (κ1) is 12.8. The van der Waals surface area contributed by atoms with E-state index >= 15 is 0 Å². The van der Waals surface area contributed by atoms with Crippen molar-refractivity contribution in [3.63, 3.8) is 0 Å². The summed E-state index contributed by atoms with van der Waals surface area (Å²) in [6, 6.07) is 4.12. The summed E-state index contributed by atoms with van der Waals surface area (Å²) in [5, 5.41) is 0. The van der Waals surface area contributed by atoms with Crippen molar-refractivity contribution in [2.45, 2.75) is 57.4 Å². The highest BCUT2D eigenvalue weighted by Crippen LogP contribution is 2.30. The summed E-state index contributed by atoms with van der Waals surface area (Å²) in [6.45, 7) is 8.27. The summed E-state index contributed by atoms with van der Waals surface area (Å²) >= 11 is 0. The van der Waals surface area contributed by atoms with Gasteiger partial charge in [-0.3, -0.25) is 0 Å². The maximum atomic E-state index is 12.3. The molecule has 1 aromatic carbocycles. The number of hydrogen-bond acceptors (Lipinski definition) is 1. The minimum Gasteiger partial charge on any atom is -0.237 e. The lowest BCUT2D eigenvalue weighted by Gasteiger charge is -2.21. The monoisotopic (exact) mass is 251 g/mol. The van der Waals surface area contributed by atoms with E-state index in [-0.39, 0.29) is 5.54 Å². The van der Waals surface area contributed by atoms with Gasteiger partial charge in [-0.15, -0.1) is 0 Å². The Hall–Kier alpha value is -0.670. The standard InChI is InChI=1S/C14H21NOS/c1-10-8-9-13(12-7-5-6-11(10)12)17(16)15-14(2,3)4/h8-9,15H,5-7H2,1-4H3. The zero-order chi connectivity index (χ0) is 12.6. The Morgan fingerprint density at radius 1 is 1.18 bits per heavy atom. The smallest absolute Gasteiger partial charge is 0.125 e. The quantitative estimate of drug-likeness (QED) is 0.860. The predicted octanol–water partition coefficient (Wildman–Crippen LogP) is 2.89. The van der Waals surface area contributed by atoms with Crippen LogP contribution in [0.15, 0.2) is 17.0 Å². The Kier molecular flexibility index (Phi) is 3.41. The van der Waals surface area contributed by atoms with Crippen LogP contribution in [0.25, 0.3) is 0 Å². The van der Waals surface area contributed by atoms with Crippen LogP contribution in [-0.4, -0.2) is 9.75 Å². The van der Waals surface area contributed by atoms with Crippen LogP contribution in [-0.2, 0) is 23.8 Å². The van der Waals surface area contributed by atoms with E-state index in [4.69, 9.17) is 0 Å². The number of fused-ring (bicyclic) bond motifs is 1. The number of aryl methyl sites for hydroxylation is 1. The first-order chi connectivity index (χ1) is 7.88. The average molecular weight is 251 g/mol. The highest BCUT2D eigenvalue weighted by atomic mass is 32.2. The SMILES string of the molecule is Cc1ccc(S(=O)NC(C)(C)C)c2c1CCC2. The molecule has 1 aromatic rings. The lowest BCUT2D eigenvalue weighted by atomic mass is 10.1. The molecule has 1 aliphatic rings. The predicted molar refractivity (Wildman–Crippen MR) is 72.5 cm³/mol. The lowest BCUT2D eigenvalue weighted by molar-refractivity contribution is 0.519. The van der Waals surface area contributed by atoms with Gasteiger partial charge in [0.1, 0.15) is 11.0 Å². The molecule has 1 atom stereocenters.